The summed E-state index contributed by atoms with van der Waals surface area (Å²) >= 11 is 6.09. The van der Waals surface area contributed by atoms with E-state index >= 15 is 0 Å². The number of hydrogen-bond acceptors (Lipinski definition) is 2. The largest absolute Gasteiger partial charge is 0.328 e. The molecule has 2 heterocycles. The summed E-state index contributed by atoms with van der Waals surface area (Å²) in [7, 11) is 0. The number of aryl methyl sites for hydroxylation is 1. The summed E-state index contributed by atoms with van der Waals surface area (Å²) < 4.78 is 2.26. The average Bonchev–Trinajstić information content (AvgIpc) is 2.56. The van der Waals surface area contributed by atoms with Crippen molar-refractivity contribution in [2.45, 2.75) is 38.6 Å². The molecule has 4 heteroatoms. The first-order valence-corrected chi connectivity index (χ1v) is 5.61. The van der Waals surface area contributed by atoms with Crippen LogP contribution in [-0.2, 0) is 12.8 Å². The van der Waals surface area contributed by atoms with Gasteiger partial charge in [-0.3, -0.25) is 0 Å². The van der Waals surface area contributed by atoms with Crippen LogP contribution in [0, 0.1) is 0 Å². The maximum Gasteiger partial charge on any atom is 0.150 e. The predicted octanol–water partition coefficient (Wildman–Crippen LogP) is 1.94. The van der Waals surface area contributed by atoms with Gasteiger partial charge in [-0.05, 0) is 19.3 Å². The molecule has 1 atom stereocenters. The van der Waals surface area contributed by atoms with E-state index in [4.69, 9.17) is 17.3 Å². The van der Waals surface area contributed by atoms with Gasteiger partial charge in [0.2, 0.25) is 0 Å². The maximum absolute atomic E-state index is 6.09. The van der Waals surface area contributed by atoms with Crippen LogP contribution in [0.3, 0.4) is 0 Å². The van der Waals surface area contributed by atoms with Gasteiger partial charge in [0.1, 0.15) is 5.82 Å². The second kappa shape index (κ2) is 3.91. The van der Waals surface area contributed by atoms with Gasteiger partial charge in [-0.2, -0.15) is 0 Å². The number of hydrogen-bond donors (Lipinski definition) is 1. The summed E-state index contributed by atoms with van der Waals surface area (Å²) in [5.41, 5.74) is 6.94. The van der Waals surface area contributed by atoms with Crippen molar-refractivity contribution in [1.29, 1.82) is 0 Å². The lowest BCUT2D eigenvalue weighted by molar-refractivity contribution is 0.399. The van der Waals surface area contributed by atoms with Crippen LogP contribution in [-0.4, -0.2) is 16.1 Å². The molecule has 1 unspecified atom stereocenters. The molecular formula is C10H16ClN3. The molecule has 0 spiro atoms. The SMILES string of the molecule is CCc1nc(Cl)c2n1C(CN)CCC2. The molecule has 0 amide bonds. The van der Waals surface area contributed by atoms with Gasteiger partial charge in [0, 0.05) is 19.0 Å². The Balaban J connectivity index is 2.48. The predicted molar refractivity (Wildman–Crippen MR) is 57.6 cm³/mol. The zero-order chi connectivity index (χ0) is 10.1. The summed E-state index contributed by atoms with van der Waals surface area (Å²) in [5.74, 6) is 1.08. The van der Waals surface area contributed by atoms with Gasteiger partial charge in [-0.1, -0.05) is 18.5 Å². The third-order valence-electron chi connectivity index (χ3n) is 2.94. The molecule has 1 aromatic heterocycles. The Labute approximate surface area is 89.3 Å². The van der Waals surface area contributed by atoms with Gasteiger partial charge in [-0.25, -0.2) is 4.98 Å². The summed E-state index contributed by atoms with van der Waals surface area (Å²) in [6.07, 6.45) is 4.30. The van der Waals surface area contributed by atoms with Crippen LogP contribution in [0.1, 0.15) is 37.3 Å². The fraction of sp³-hybridized carbons (Fsp3) is 0.700. The summed E-state index contributed by atoms with van der Waals surface area (Å²) in [5, 5.41) is 0.681. The molecule has 0 bridgehead atoms. The third-order valence-corrected chi connectivity index (χ3v) is 3.24. The van der Waals surface area contributed by atoms with Crippen molar-refractivity contribution < 1.29 is 0 Å². The quantitative estimate of drug-likeness (QED) is 0.816. The minimum Gasteiger partial charge on any atom is -0.328 e. The second-order valence-corrected chi connectivity index (χ2v) is 4.13. The van der Waals surface area contributed by atoms with Gasteiger partial charge in [0.15, 0.2) is 5.15 Å². The number of halogens is 1. The first-order valence-electron chi connectivity index (χ1n) is 5.23. The van der Waals surface area contributed by atoms with E-state index < -0.39 is 0 Å². The first kappa shape index (κ1) is 9.99. The molecule has 2 rings (SSSR count). The van der Waals surface area contributed by atoms with Crippen LogP contribution in [0.4, 0.5) is 0 Å². The molecule has 3 nitrogen and oxygen atoms in total. The zero-order valence-corrected chi connectivity index (χ0v) is 9.22. The Hall–Kier alpha value is -0.540. The number of rotatable bonds is 2. The molecule has 0 aliphatic carbocycles. The fourth-order valence-electron chi connectivity index (χ4n) is 2.25. The average molecular weight is 214 g/mol. The molecule has 1 aromatic rings. The fourth-order valence-corrected chi connectivity index (χ4v) is 2.53. The van der Waals surface area contributed by atoms with Crippen LogP contribution >= 0.6 is 11.6 Å². The van der Waals surface area contributed by atoms with E-state index in [1.165, 1.54) is 12.1 Å². The monoisotopic (exact) mass is 213 g/mol. The topological polar surface area (TPSA) is 43.8 Å². The Morgan fingerprint density at radius 3 is 3.07 bits per heavy atom. The maximum atomic E-state index is 6.09. The van der Waals surface area contributed by atoms with Crippen molar-refractivity contribution in [2.75, 3.05) is 6.54 Å². The Bertz CT molecular complexity index is 332. The first-order chi connectivity index (χ1) is 6.77. The molecule has 2 N–H and O–H groups in total. The number of nitrogens with zero attached hydrogens (tertiary/aromatic N) is 2. The van der Waals surface area contributed by atoms with Gasteiger partial charge in [0.25, 0.3) is 0 Å². The molecule has 0 aromatic carbocycles. The van der Waals surface area contributed by atoms with Gasteiger partial charge in [0.05, 0.1) is 5.69 Å². The zero-order valence-electron chi connectivity index (χ0n) is 8.46. The van der Waals surface area contributed by atoms with E-state index in [9.17, 15) is 0 Å². The summed E-state index contributed by atoms with van der Waals surface area (Å²) in [6, 6.07) is 0.411. The van der Waals surface area contributed by atoms with Crippen molar-refractivity contribution in [3.63, 3.8) is 0 Å². The molecule has 0 saturated heterocycles. The Kier molecular flexibility index (Phi) is 2.79. The van der Waals surface area contributed by atoms with E-state index in [2.05, 4.69) is 16.5 Å². The van der Waals surface area contributed by atoms with Gasteiger partial charge >= 0.3 is 0 Å². The van der Waals surface area contributed by atoms with Crippen molar-refractivity contribution in [3.05, 3.63) is 16.7 Å². The van der Waals surface area contributed by atoms with Crippen LogP contribution in [0.25, 0.3) is 0 Å². The molecule has 0 saturated carbocycles. The minimum absolute atomic E-state index is 0.411. The van der Waals surface area contributed by atoms with Crippen molar-refractivity contribution >= 4 is 11.6 Å². The highest BCUT2D eigenvalue weighted by Crippen LogP contribution is 2.30. The molecule has 1 aliphatic rings. The van der Waals surface area contributed by atoms with Crippen molar-refractivity contribution in [2.24, 2.45) is 5.73 Å². The van der Waals surface area contributed by atoms with Crippen molar-refractivity contribution in [3.8, 4) is 0 Å². The number of imidazole rings is 1. The summed E-state index contributed by atoms with van der Waals surface area (Å²) in [4.78, 5) is 4.38. The molecule has 0 fully saturated rings. The van der Waals surface area contributed by atoms with Crippen LogP contribution in [0.5, 0.6) is 0 Å². The van der Waals surface area contributed by atoms with Crippen LogP contribution in [0.15, 0.2) is 0 Å². The van der Waals surface area contributed by atoms with Crippen molar-refractivity contribution in [1.82, 2.24) is 9.55 Å². The third kappa shape index (κ3) is 1.44. The van der Waals surface area contributed by atoms with Gasteiger partial charge < -0.3 is 10.3 Å². The second-order valence-electron chi connectivity index (χ2n) is 3.77. The Morgan fingerprint density at radius 1 is 1.64 bits per heavy atom. The summed E-state index contributed by atoms with van der Waals surface area (Å²) in [6.45, 7) is 2.79. The molecule has 78 valence electrons. The van der Waals surface area contributed by atoms with E-state index in [1.54, 1.807) is 0 Å². The highest BCUT2D eigenvalue weighted by Gasteiger charge is 2.24. The van der Waals surface area contributed by atoms with E-state index in [-0.39, 0.29) is 0 Å². The highest BCUT2D eigenvalue weighted by atomic mass is 35.5. The molecule has 14 heavy (non-hydrogen) atoms. The van der Waals surface area contributed by atoms with Gasteiger partial charge in [-0.15, -0.1) is 0 Å². The molecular weight excluding hydrogens is 198 g/mol. The van der Waals surface area contributed by atoms with Crippen LogP contribution < -0.4 is 5.73 Å². The minimum atomic E-state index is 0.411. The lowest BCUT2D eigenvalue weighted by atomic mass is 10.0. The highest BCUT2D eigenvalue weighted by molar-refractivity contribution is 6.30. The number of fused-ring (bicyclic) bond motifs is 1. The number of aromatic nitrogens is 2. The molecule has 0 radical (unpaired) electrons. The lowest BCUT2D eigenvalue weighted by Gasteiger charge is -2.26. The van der Waals surface area contributed by atoms with E-state index in [0.717, 1.165) is 25.1 Å². The molecule has 1 aliphatic heterocycles. The van der Waals surface area contributed by atoms with E-state index in [0.29, 0.717) is 17.7 Å². The lowest BCUT2D eigenvalue weighted by Crippen LogP contribution is -2.26. The Morgan fingerprint density at radius 2 is 2.43 bits per heavy atom. The normalized spacial score (nSPS) is 20.9. The van der Waals surface area contributed by atoms with Crippen LogP contribution in [0.2, 0.25) is 5.15 Å². The smallest absolute Gasteiger partial charge is 0.150 e. The number of nitrogens with two attached hydrogens (primary N) is 1. The standard InChI is InChI=1S/C10H16ClN3/c1-2-9-13-10(11)8-5-3-4-7(6-12)14(8)9/h7H,2-6,12H2,1H3. The van der Waals surface area contributed by atoms with E-state index in [1.807, 2.05) is 0 Å².